The first-order chi connectivity index (χ1) is 7.49. The van der Waals surface area contributed by atoms with Crippen LogP contribution in [0.1, 0.15) is 45.2 Å². The van der Waals surface area contributed by atoms with E-state index in [0.29, 0.717) is 0 Å². The smallest absolute Gasteiger partial charge is 0.123 e. The first kappa shape index (κ1) is 13.0. The highest BCUT2D eigenvalue weighted by molar-refractivity contribution is 5.53. The molecule has 0 heterocycles. The van der Waals surface area contributed by atoms with E-state index in [1.54, 1.807) is 0 Å². The van der Waals surface area contributed by atoms with Gasteiger partial charge in [-0.2, -0.15) is 0 Å². The lowest BCUT2D eigenvalue weighted by Gasteiger charge is -2.24. The van der Waals surface area contributed by atoms with E-state index in [1.165, 1.54) is 11.1 Å². The molecule has 0 amide bonds. The van der Waals surface area contributed by atoms with Crippen LogP contribution in [0.4, 0.5) is 0 Å². The highest BCUT2D eigenvalue weighted by Crippen LogP contribution is 2.27. The normalized spacial score (nSPS) is 13.5. The van der Waals surface area contributed by atoms with Gasteiger partial charge in [-0.15, -0.1) is 0 Å². The van der Waals surface area contributed by atoms with Crippen LogP contribution in [-0.4, -0.2) is 6.29 Å². The summed E-state index contributed by atoms with van der Waals surface area (Å²) in [6, 6.07) is 8.62. The molecule has 1 heteroatoms. The molecule has 1 atom stereocenters. The van der Waals surface area contributed by atoms with Crippen molar-refractivity contribution in [2.45, 2.75) is 46.0 Å². The molecule has 0 saturated carbocycles. The van der Waals surface area contributed by atoms with Crippen molar-refractivity contribution in [1.82, 2.24) is 0 Å². The topological polar surface area (TPSA) is 17.1 Å². The number of benzene rings is 1. The molecule has 1 rings (SSSR count). The van der Waals surface area contributed by atoms with E-state index in [2.05, 4.69) is 45.0 Å². The zero-order valence-corrected chi connectivity index (χ0v) is 10.8. The van der Waals surface area contributed by atoms with Crippen molar-refractivity contribution < 1.29 is 4.79 Å². The molecule has 0 aliphatic carbocycles. The number of aldehydes is 1. The third-order valence-electron chi connectivity index (χ3n) is 3.38. The van der Waals surface area contributed by atoms with Crippen molar-refractivity contribution in [3.05, 3.63) is 35.4 Å². The summed E-state index contributed by atoms with van der Waals surface area (Å²) in [4.78, 5) is 10.6. The Hall–Kier alpha value is -1.11. The maximum Gasteiger partial charge on any atom is 0.123 e. The molecule has 1 unspecified atom stereocenters. The molecule has 0 fully saturated rings. The summed E-state index contributed by atoms with van der Waals surface area (Å²) in [6.07, 6.45) is 2.99. The summed E-state index contributed by atoms with van der Waals surface area (Å²) < 4.78 is 0. The van der Waals surface area contributed by atoms with Gasteiger partial charge in [0.15, 0.2) is 0 Å². The molecule has 1 nitrogen and oxygen atoms in total. The predicted octanol–water partition coefficient (Wildman–Crippen LogP) is 3.75. The minimum Gasteiger partial charge on any atom is -0.303 e. The van der Waals surface area contributed by atoms with Crippen molar-refractivity contribution >= 4 is 6.29 Å². The lowest BCUT2D eigenvalue weighted by molar-refractivity contribution is -0.110. The molecule has 0 N–H and O–H groups in total. The van der Waals surface area contributed by atoms with Crippen LogP contribution in [-0.2, 0) is 16.6 Å². The Morgan fingerprint density at radius 1 is 1.38 bits per heavy atom. The van der Waals surface area contributed by atoms with Crippen LogP contribution in [0.5, 0.6) is 0 Å². The molecule has 0 aliphatic rings. The molecule has 1 aromatic rings. The molecule has 0 aromatic heterocycles. The second kappa shape index (κ2) is 5.29. The van der Waals surface area contributed by atoms with Crippen molar-refractivity contribution in [2.75, 3.05) is 0 Å². The lowest BCUT2D eigenvalue weighted by Crippen LogP contribution is -2.15. The third kappa shape index (κ3) is 3.19. The van der Waals surface area contributed by atoms with Gasteiger partial charge in [-0.05, 0) is 29.4 Å². The van der Waals surface area contributed by atoms with Crippen molar-refractivity contribution in [1.29, 1.82) is 0 Å². The van der Waals surface area contributed by atoms with Crippen LogP contribution in [0.25, 0.3) is 0 Å². The Morgan fingerprint density at radius 2 is 2.06 bits per heavy atom. The standard InChI is InChI=1S/C15H22O/c1-5-15(3,4)14-8-6-7-13(10-14)9-12(2)11-16/h6-8,10-12H,5,9H2,1-4H3. The molecule has 0 radical (unpaired) electrons. The average Bonchev–Trinajstić information content (AvgIpc) is 2.29. The van der Waals surface area contributed by atoms with E-state index in [-0.39, 0.29) is 11.3 Å². The van der Waals surface area contributed by atoms with Crippen molar-refractivity contribution in [3.63, 3.8) is 0 Å². The van der Waals surface area contributed by atoms with Crippen LogP contribution in [0.2, 0.25) is 0 Å². The Morgan fingerprint density at radius 3 is 2.62 bits per heavy atom. The first-order valence-corrected chi connectivity index (χ1v) is 6.04. The summed E-state index contributed by atoms with van der Waals surface area (Å²) in [6.45, 7) is 8.69. The molecular weight excluding hydrogens is 196 g/mol. The van der Waals surface area contributed by atoms with Gasteiger partial charge in [-0.1, -0.05) is 52.0 Å². The van der Waals surface area contributed by atoms with Crippen LogP contribution in [0.15, 0.2) is 24.3 Å². The second-order valence-corrected chi connectivity index (χ2v) is 5.26. The van der Waals surface area contributed by atoms with Gasteiger partial charge in [0.1, 0.15) is 6.29 Å². The molecule has 0 spiro atoms. The zero-order valence-electron chi connectivity index (χ0n) is 10.8. The Labute approximate surface area is 98.9 Å². The van der Waals surface area contributed by atoms with Crippen molar-refractivity contribution in [2.24, 2.45) is 5.92 Å². The van der Waals surface area contributed by atoms with Gasteiger partial charge in [0.05, 0.1) is 0 Å². The summed E-state index contributed by atoms with van der Waals surface area (Å²) in [5, 5.41) is 0. The molecule has 1 aromatic carbocycles. The highest BCUT2D eigenvalue weighted by atomic mass is 16.1. The number of carbonyl (C=O) groups excluding carboxylic acids is 1. The lowest BCUT2D eigenvalue weighted by atomic mass is 9.81. The van der Waals surface area contributed by atoms with Gasteiger partial charge in [0.25, 0.3) is 0 Å². The van der Waals surface area contributed by atoms with E-state index in [4.69, 9.17) is 0 Å². The number of carbonyl (C=O) groups is 1. The van der Waals surface area contributed by atoms with E-state index in [1.807, 2.05) is 6.92 Å². The van der Waals surface area contributed by atoms with Crippen LogP contribution >= 0.6 is 0 Å². The van der Waals surface area contributed by atoms with Crippen molar-refractivity contribution in [3.8, 4) is 0 Å². The quantitative estimate of drug-likeness (QED) is 0.688. The largest absolute Gasteiger partial charge is 0.303 e. The van der Waals surface area contributed by atoms with Crippen LogP contribution in [0, 0.1) is 5.92 Å². The van der Waals surface area contributed by atoms with E-state index in [9.17, 15) is 4.79 Å². The predicted molar refractivity (Wildman–Crippen MR) is 68.7 cm³/mol. The summed E-state index contributed by atoms with van der Waals surface area (Å²) in [5.41, 5.74) is 2.85. The fourth-order valence-electron chi connectivity index (χ4n) is 1.74. The fourth-order valence-corrected chi connectivity index (χ4v) is 1.74. The average molecular weight is 218 g/mol. The molecular formula is C15H22O. The first-order valence-electron chi connectivity index (χ1n) is 6.04. The Bertz CT molecular complexity index is 352. The summed E-state index contributed by atoms with van der Waals surface area (Å²) in [5.74, 6) is 0.111. The molecule has 0 saturated heterocycles. The minimum atomic E-state index is 0.111. The number of rotatable bonds is 5. The fraction of sp³-hybridized carbons (Fsp3) is 0.533. The second-order valence-electron chi connectivity index (χ2n) is 5.26. The third-order valence-corrected chi connectivity index (χ3v) is 3.38. The van der Waals surface area contributed by atoms with Gasteiger partial charge in [0, 0.05) is 5.92 Å². The maximum absolute atomic E-state index is 10.6. The van der Waals surface area contributed by atoms with E-state index < -0.39 is 0 Å². The number of hydrogen-bond donors (Lipinski definition) is 0. The van der Waals surface area contributed by atoms with Crippen LogP contribution < -0.4 is 0 Å². The minimum absolute atomic E-state index is 0.111. The molecule has 0 aliphatic heterocycles. The zero-order chi connectivity index (χ0) is 12.2. The Balaban J connectivity index is 2.91. The van der Waals surface area contributed by atoms with Crippen LogP contribution in [0.3, 0.4) is 0 Å². The summed E-state index contributed by atoms with van der Waals surface area (Å²) >= 11 is 0. The molecule has 0 bridgehead atoms. The molecule has 16 heavy (non-hydrogen) atoms. The van der Waals surface area contributed by atoms with Gasteiger partial charge in [-0.25, -0.2) is 0 Å². The van der Waals surface area contributed by atoms with E-state index in [0.717, 1.165) is 19.1 Å². The molecule has 88 valence electrons. The van der Waals surface area contributed by atoms with Gasteiger partial charge in [-0.3, -0.25) is 0 Å². The number of hydrogen-bond acceptors (Lipinski definition) is 1. The van der Waals surface area contributed by atoms with Gasteiger partial charge in [0.2, 0.25) is 0 Å². The SMILES string of the molecule is CCC(C)(C)c1cccc(CC(C)C=O)c1. The monoisotopic (exact) mass is 218 g/mol. The summed E-state index contributed by atoms with van der Waals surface area (Å²) in [7, 11) is 0. The maximum atomic E-state index is 10.6. The van der Waals surface area contributed by atoms with Gasteiger partial charge >= 0.3 is 0 Å². The highest BCUT2D eigenvalue weighted by Gasteiger charge is 2.18. The Kier molecular flexibility index (Phi) is 4.28. The van der Waals surface area contributed by atoms with E-state index >= 15 is 0 Å². The van der Waals surface area contributed by atoms with Gasteiger partial charge < -0.3 is 4.79 Å².